The summed E-state index contributed by atoms with van der Waals surface area (Å²) in [5.41, 5.74) is 5.88. The molecule has 0 aromatic rings. The Balaban J connectivity index is 2.21. The van der Waals surface area contributed by atoms with E-state index in [0.29, 0.717) is 0 Å². The van der Waals surface area contributed by atoms with Crippen LogP contribution in [0.2, 0.25) is 0 Å². The van der Waals surface area contributed by atoms with Crippen LogP contribution in [0.5, 0.6) is 0 Å². The molecule has 0 heterocycles. The molecule has 2 unspecified atom stereocenters. The van der Waals surface area contributed by atoms with E-state index in [1.165, 1.54) is 51.7 Å². The van der Waals surface area contributed by atoms with E-state index in [-0.39, 0.29) is 0 Å². The highest BCUT2D eigenvalue weighted by molar-refractivity contribution is 4.78. The quantitative estimate of drug-likeness (QED) is 0.735. The number of hydrogen-bond acceptors (Lipinski definition) is 3. The molecule has 1 saturated carbocycles. The van der Waals surface area contributed by atoms with Gasteiger partial charge in [-0.2, -0.15) is 0 Å². The zero-order chi connectivity index (χ0) is 12.7. The average Bonchev–Trinajstić information content (AvgIpc) is 2.29. The largest absolute Gasteiger partial charge is 0.330 e. The molecule has 0 aliphatic heterocycles. The lowest BCUT2D eigenvalue weighted by Crippen LogP contribution is -2.36. The molecule has 0 radical (unpaired) electrons. The van der Waals surface area contributed by atoms with Gasteiger partial charge in [-0.3, -0.25) is 0 Å². The summed E-state index contributed by atoms with van der Waals surface area (Å²) in [4.78, 5) is 4.76. The van der Waals surface area contributed by atoms with Crippen LogP contribution in [0.1, 0.15) is 32.1 Å². The molecule has 0 aromatic carbocycles. The summed E-state index contributed by atoms with van der Waals surface area (Å²) in [6, 6.07) is 0. The lowest BCUT2D eigenvalue weighted by atomic mass is 9.79. The fraction of sp³-hybridized carbons (Fsp3) is 1.00. The maximum Gasteiger partial charge on any atom is 0.000974 e. The van der Waals surface area contributed by atoms with Crippen LogP contribution in [0.4, 0.5) is 0 Å². The Morgan fingerprint density at radius 2 is 1.65 bits per heavy atom. The maximum atomic E-state index is 5.88. The van der Waals surface area contributed by atoms with Crippen LogP contribution >= 0.6 is 0 Å². The topological polar surface area (TPSA) is 32.5 Å². The molecule has 0 bridgehead atoms. The molecule has 3 heteroatoms. The molecule has 17 heavy (non-hydrogen) atoms. The molecule has 0 spiro atoms. The van der Waals surface area contributed by atoms with Crippen molar-refractivity contribution in [2.45, 2.75) is 32.1 Å². The predicted molar refractivity (Wildman–Crippen MR) is 75.2 cm³/mol. The summed E-state index contributed by atoms with van der Waals surface area (Å²) < 4.78 is 0. The molecule has 1 aliphatic carbocycles. The Morgan fingerprint density at radius 3 is 2.24 bits per heavy atom. The zero-order valence-electron chi connectivity index (χ0n) is 12.0. The fourth-order valence-electron chi connectivity index (χ4n) is 2.98. The van der Waals surface area contributed by atoms with Gasteiger partial charge in [-0.15, -0.1) is 0 Å². The van der Waals surface area contributed by atoms with Crippen molar-refractivity contribution in [1.82, 2.24) is 9.80 Å². The predicted octanol–water partition coefficient (Wildman–Crippen LogP) is 1.64. The SMILES string of the molecule is CN(C)CCCN(C)CC1CCCCC1CN. The van der Waals surface area contributed by atoms with Crippen molar-refractivity contribution in [2.75, 3.05) is 47.3 Å². The average molecular weight is 241 g/mol. The molecule has 0 amide bonds. The summed E-state index contributed by atoms with van der Waals surface area (Å²) >= 11 is 0. The van der Waals surface area contributed by atoms with E-state index in [1.807, 2.05) is 0 Å². The van der Waals surface area contributed by atoms with E-state index in [9.17, 15) is 0 Å². The van der Waals surface area contributed by atoms with Crippen molar-refractivity contribution in [3.8, 4) is 0 Å². The van der Waals surface area contributed by atoms with Gasteiger partial charge in [0.05, 0.1) is 0 Å². The molecule has 1 aliphatic rings. The van der Waals surface area contributed by atoms with Gasteiger partial charge in [0.1, 0.15) is 0 Å². The van der Waals surface area contributed by atoms with Crippen LogP contribution in [-0.4, -0.2) is 57.1 Å². The van der Waals surface area contributed by atoms with Crippen LogP contribution in [0.15, 0.2) is 0 Å². The lowest BCUT2D eigenvalue weighted by molar-refractivity contribution is 0.170. The van der Waals surface area contributed by atoms with Crippen molar-refractivity contribution in [1.29, 1.82) is 0 Å². The molecule has 3 nitrogen and oxygen atoms in total. The Kier molecular flexibility index (Phi) is 7.09. The first kappa shape index (κ1) is 14.9. The highest BCUT2D eigenvalue weighted by atomic mass is 15.1. The highest BCUT2D eigenvalue weighted by Crippen LogP contribution is 2.29. The van der Waals surface area contributed by atoms with Gasteiger partial charge in [0.2, 0.25) is 0 Å². The first-order valence-corrected chi connectivity index (χ1v) is 7.16. The number of rotatable bonds is 7. The van der Waals surface area contributed by atoms with Gasteiger partial charge in [-0.25, -0.2) is 0 Å². The molecule has 2 atom stereocenters. The molecule has 1 fully saturated rings. The first-order valence-electron chi connectivity index (χ1n) is 7.16. The molecule has 0 aromatic heterocycles. The van der Waals surface area contributed by atoms with Gasteiger partial charge in [0.25, 0.3) is 0 Å². The van der Waals surface area contributed by atoms with Crippen molar-refractivity contribution in [3.63, 3.8) is 0 Å². The van der Waals surface area contributed by atoms with Crippen LogP contribution in [-0.2, 0) is 0 Å². The van der Waals surface area contributed by atoms with Gasteiger partial charge >= 0.3 is 0 Å². The first-order chi connectivity index (χ1) is 8.13. The van der Waals surface area contributed by atoms with E-state index < -0.39 is 0 Å². The third-order valence-corrected chi connectivity index (χ3v) is 4.06. The zero-order valence-corrected chi connectivity index (χ0v) is 12.0. The van der Waals surface area contributed by atoms with Crippen molar-refractivity contribution < 1.29 is 0 Å². The summed E-state index contributed by atoms with van der Waals surface area (Å²) in [7, 11) is 6.55. The van der Waals surface area contributed by atoms with Crippen LogP contribution in [0.3, 0.4) is 0 Å². The number of nitrogens with zero attached hydrogens (tertiary/aromatic N) is 2. The van der Waals surface area contributed by atoms with E-state index in [2.05, 4.69) is 30.9 Å². The summed E-state index contributed by atoms with van der Waals surface area (Å²) in [6.45, 7) is 4.53. The Hall–Kier alpha value is -0.120. The van der Waals surface area contributed by atoms with Crippen molar-refractivity contribution >= 4 is 0 Å². The summed E-state index contributed by atoms with van der Waals surface area (Å²) in [5.74, 6) is 1.62. The van der Waals surface area contributed by atoms with Crippen molar-refractivity contribution in [2.24, 2.45) is 17.6 Å². The standard InChI is InChI=1S/C14H31N3/c1-16(2)9-6-10-17(3)12-14-8-5-4-7-13(14)11-15/h13-14H,4-12,15H2,1-3H3. The minimum Gasteiger partial charge on any atom is -0.330 e. The van der Waals surface area contributed by atoms with E-state index in [4.69, 9.17) is 5.73 Å². The number of nitrogens with two attached hydrogens (primary N) is 1. The second-order valence-electron chi connectivity index (χ2n) is 5.96. The van der Waals surface area contributed by atoms with E-state index >= 15 is 0 Å². The molecular formula is C14H31N3. The molecule has 102 valence electrons. The molecule has 2 N–H and O–H groups in total. The van der Waals surface area contributed by atoms with Crippen LogP contribution < -0.4 is 5.73 Å². The van der Waals surface area contributed by atoms with Gasteiger partial charge < -0.3 is 15.5 Å². The van der Waals surface area contributed by atoms with Gasteiger partial charge in [0.15, 0.2) is 0 Å². The lowest BCUT2D eigenvalue weighted by Gasteiger charge is -2.33. The van der Waals surface area contributed by atoms with Crippen molar-refractivity contribution in [3.05, 3.63) is 0 Å². The van der Waals surface area contributed by atoms with Gasteiger partial charge in [-0.05, 0) is 71.9 Å². The summed E-state index contributed by atoms with van der Waals surface area (Å²) in [6.07, 6.45) is 6.81. The molecular weight excluding hydrogens is 210 g/mol. The van der Waals surface area contributed by atoms with E-state index in [1.54, 1.807) is 0 Å². The van der Waals surface area contributed by atoms with Gasteiger partial charge in [0, 0.05) is 6.54 Å². The normalized spacial score (nSPS) is 25.8. The highest BCUT2D eigenvalue weighted by Gasteiger charge is 2.24. The Labute approximate surface area is 107 Å². The van der Waals surface area contributed by atoms with Crippen LogP contribution in [0, 0.1) is 11.8 Å². The molecule has 0 saturated heterocycles. The maximum absolute atomic E-state index is 5.88. The minimum absolute atomic E-state index is 0.778. The third kappa shape index (κ3) is 5.84. The Morgan fingerprint density at radius 1 is 1.00 bits per heavy atom. The number of hydrogen-bond donors (Lipinski definition) is 1. The smallest absolute Gasteiger partial charge is 0.000974 e. The molecule has 1 rings (SSSR count). The fourth-order valence-corrected chi connectivity index (χ4v) is 2.98. The van der Waals surface area contributed by atoms with E-state index in [0.717, 1.165) is 18.4 Å². The van der Waals surface area contributed by atoms with Crippen LogP contribution in [0.25, 0.3) is 0 Å². The van der Waals surface area contributed by atoms with Gasteiger partial charge in [-0.1, -0.05) is 12.8 Å². The summed E-state index contributed by atoms with van der Waals surface area (Å²) in [5, 5.41) is 0. The Bertz CT molecular complexity index is 194. The third-order valence-electron chi connectivity index (χ3n) is 4.06. The minimum atomic E-state index is 0.778. The second kappa shape index (κ2) is 8.06. The second-order valence-corrected chi connectivity index (χ2v) is 5.96. The monoisotopic (exact) mass is 241 g/mol.